The van der Waals surface area contributed by atoms with Crippen LogP contribution in [0.4, 0.5) is 0 Å². The van der Waals surface area contributed by atoms with E-state index >= 15 is 0 Å². The Morgan fingerprint density at radius 2 is 1.85 bits per heavy atom. The maximum atomic E-state index is 11.4. The number of nitrogens with zero attached hydrogens (tertiary/aromatic N) is 1. The summed E-state index contributed by atoms with van der Waals surface area (Å²) >= 11 is 0. The number of allylic oxidation sites excluding steroid dienone is 3. The first-order chi connectivity index (χ1) is 12.8. The van der Waals surface area contributed by atoms with Gasteiger partial charge in [-0.3, -0.25) is 0 Å². The summed E-state index contributed by atoms with van der Waals surface area (Å²) in [4.78, 5) is 4.37. The Morgan fingerprint density at radius 3 is 2.65 bits per heavy atom. The highest BCUT2D eigenvalue weighted by molar-refractivity contribution is 5.67. The first-order valence-corrected chi connectivity index (χ1v) is 8.69. The van der Waals surface area contributed by atoms with E-state index in [1.807, 2.05) is 54.7 Å². The molecule has 0 bridgehead atoms. The number of ether oxygens (including phenoxy) is 1. The average Bonchev–Trinajstić information content (AvgIpc) is 3.15. The lowest BCUT2D eigenvalue weighted by atomic mass is 10.0. The van der Waals surface area contributed by atoms with Crippen LogP contribution in [0.2, 0.25) is 0 Å². The first-order valence-electron chi connectivity index (χ1n) is 8.69. The molecule has 3 heteroatoms. The van der Waals surface area contributed by atoms with Crippen molar-refractivity contribution in [3.05, 3.63) is 99.1 Å². The molecule has 0 atom stereocenters. The molecule has 3 nitrogen and oxygen atoms in total. The van der Waals surface area contributed by atoms with E-state index < -0.39 is 0 Å². The summed E-state index contributed by atoms with van der Waals surface area (Å²) in [5.41, 5.74) is 3.40. The van der Waals surface area contributed by atoms with Gasteiger partial charge in [0.05, 0.1) is 11.2 Å². The monoisotopic (exact) mass is 343 g/mol. The summed E-state index contributed by atoms with van der Waals surface area (Å²) in [6.07, 6.45) is 8.27. The Labute approximate surface area is 153 Å². The molecule has 0 amide bonds. The quantitative estimate of drug-likeness (QED) is 0.786. The minimum Gasteiger partial charge on any atom is -0.617 e. The summed E-state index contributed by atoms with van der Waals surface area (Å²) in [5, 5.41) is 13.6. The molecule has 0 radical (unpaired) electrons. The van der Waals surface area contributed by atoms with Gasteiger partial charge in [0.15, 0.2) is 0 Å². The van der Waals surface area contributed by atoms with Crippen molar-refractivity contribution in [2.24, 2.45) is 0 Å². The van der Waals surface area contributed by atoms with Crippen LogP contribution < -0.4 is 15.5 Å². The largest absolute Gasteiger partial charge is 0.617 e. The molecule has 0 aliphatic heterocycles. The lowest BCUT2D eigenvalue weighted by Gasteiger charge is -2.07. The summed E-state index contributed by atoms with van der Waals surface area (Å²) in [6.45, 7) is 0. The zero-order chi connectivity index (χ0) is 18.2. The maximum Gasteiger partial charge on any atom is 0.319 e. The van der Waals surface area contributed by atoms with Crippen molar-refractivity contribution in [3.8, 4) is 6.07 Å². The molecule has 0 heterocycles. The molecular weight excluding hydrogens is 322 g/mol. The van der Waals surface area contributed by atoms with E-state index in [1.54, 1.807) is 0 Å². The highest BCUT2D eigenvalue weighted by Gasteiger charge is 2.14. The minimum absolute atomic E-state index is 0.328. The van der Waals surface area contributed by atoms with E-state index in [-0.39, 0.29) is 5.95 Å². The van der Waals surface area contributed by atoms with Gasteiger partial charge in [0.1, 0.15) is 5.56 Å². The van der Waals surface area contributed by atoms with E-state index in [9.17, 15) is 5.11 Å². The van der Waals surface area contributed by atoms with Gasteiger partial charge in [0, 0.05) is 0 Å². The van der Waals surface area contributed by atoms with Gasteiger partial charge in [-0.25, -0.2) is 0 Å². The molecule has 1 fully saturated rings. The fourth-order valence-corrected chi connectivity index (χ4v) is 3.07. The van der Waals surface area contributed by atoms with Gasteiger partial charge in [-0.15, -0.1) is 0 Å². The van der Waals surface area contributed by atoms with Crippen LogP contribution in [0.5, 0.6) is 0 Å². The van der Waals surface area contributed by atoms with Crippen LogP contribution in [0.15, 0.2) is 78.3 Å². The minimum atomic E-state index is -0.328. The van der Waals surface area contributed by atoms with E-state index in [4.69, 9.17) is 4.74 Å². The molecule has 2 aromatic carbocycles. The molecule has 0 N–H and O–H groups in total. The average molecular weight is 343 g/mol. The molecular formula is C23H21NO2. The number of hydrogen-bond acceptors (Lipinski definition) is 2. The van der Waals surface area contributed by atoms with Crippen LogP contribution in [0.1, 0.15) is 24.8 Å². The Kier molecular flexibility index (Phi) is 5.90. The third kappa shape index (κ3) is 4.43. The lowest BCUT2D eigenvalue weighted by molar-refractivity contribution is -0.353. The molecule has 1 saturated carbocycles. The van der Waals surface area contributed by atoms with Gasteiger partial charge in [-0.1, -0.05) is 42.5 Å². The molecule has 0 unspecified atom stereocenters. The summed E-state index contributed by atoms with van der Waals surface area (Å²) in [6, 6.07) is 21.1. The SMILES string of the molecule is CO/C([O-])=C/C=C1\CCC\C1=c1\cccc\c1=C\[N+]#Cc1ccccc1. The molecule has 0 aromatic heterocycles. The standard InChI is InChI=1S/C23H21NO2/c1-26-23(25)15-14-19-11-7-13-21(19)22-12-6-5-10-20(22)17-24-16-18-8-3-2-4-9-18/h2-6,8-10,12,14-15,17H,7,11,13H2,1H3/b19-14+,20-17-,22-21+,23-15+. The molecule has 3 rings (SSSR count). The van der Waals surface area contributed by atoms with Gasteiger partial charge < -0.3 is 9.84 Å². The third-order valence-corrected chi connectivity index (χ3v) is 4.34. The molecule has 26 heavy (non-hydrogen) atoms. The topological polar surface area (TPSA) is 36.6 Å². The highest BCUT2D eigenvalue weighted by Crippen LogP contribution is 2.30. The Bertz CT molecular complexity index is 1010. The maximum absolute atomic E-state index is 11.4. The van der Waals surface area contributed by atoms with Crippen LogP contribution in [0.3, 0.4) is 0 Å². The molecule has 130 valence electrons. The van der Waals surface area contributed by atoms with E-state index in [1.165, 1.54) is 24.3 Å². The Hall–Kier alpha value is -3.25. The molecule has 0 spiro atoms. The lowest BCUT2D eigenvalue weighted by Crippen LogP contribution is -2.25. The van der Waals surface area contributed by atoms with Gasteiger partial charge in [0.2, 0.25) is 0 Å². The van der Waals surface area contributed by atoms with Crippen molar-refractivity contribution in [3.63, 3.8) is 0 Å². The van der Waals surface area contributed by atoms with Crippen molar-refractivity contribution in [2.45, 2.75) is 19.3 Å². The van der Waals surface area contributed by atoms with Crippen molar-refractivity contribution in [2.75, 3.05) is 7.11 Å². The fourth-order valence-electron chi connectivity index (χ4n) is 3.07. The van der Waals surface area contributed by atoms with Gasteiger partial charge >= 0.3 is 12.3 Å². The second kappa shape index (κ2) is 8.73. The van der Waals surface area contributed by atoms with Crippen molar-refractivity contribution in [1.82, 2.24) is 0 Å². The van der Waals surface area contributed by atoms with Crippen molar-refractivity contribution in [1.29, 1.82) is 0 Å². The zero-order valence-electron chi connectivity index (χ0n) is 14.8. The van der Waals surface area contributed by atoms with Crippen LogP contribution >= 0.6 is 0 Å². The second-order valence-corrected chi connectivity index (χ2v) is 6.04. The van der Waals surface area contributed by atoms with E-state index in [0.717, 1.165) is 35.3 Å². The third-order valence-electron chi connectivity index (χ3n) is 4.34. The number of methoxy groups -OCH3 is 1. The fraction of sp³-hybridized carbons (Fsp3) is 0.174. The van der Waals surface area contributed by atoms with E-state index in [0.29, 0.717) is 0 Å². The highest BCUT2D eigenvalue weighted by atomic mass is 16.6. The number of rotatable bonds is 2. The van der Waals surface area contributed by atoms with Gasteiger partial charge in [0.25, 0.3) is 0 Å². The summed E-state index contributed by atoms with van der Waals surface area (Å²) in [7, 11) is 1.39. The number of benzene rings is 2. The first kappa shape index (κ1) is 17.6. The van der Waals surface area contributed by atoms with E-state index in [2.05, 4.69) is 23.0 Å². The van der Waals surface area contributed by atoms with Crippen LogP contribution in [0.25, 0.3) is 16.6 Å². The zero-order valence-corrected chi connectivity index (χ0v) is 14.8. The van der Waals surface area contributed by atoms with Gasteiger partial charge in [-0.2, -0.15) is 0 Å². The Balaban J connectivity index is 2.05. The van der Waals surface area contributed by atoms with Crippen LogP contribution in [-0.2, 0) is 4.74 Å². The summed E-state index contributed by atoms with van der Waals surface area (Å²) in [5.74, 6) is -0.328. The molecule has 1 aliphatic carbocycles. The van der Waals surface area contributed by atoms with Gasteiger partial charge in [-0.05, 0) is 71.9 Å². The Morgan fingerprint density at radius 1 is 1.08 bits per heavy atom. The second-order valence-electron chi connectivity index (χ2n) is 6.04. The molecule has 1 aliphatic rings. The van der Waals surface area contributed by atoms with Crippen LogP contribution in [0, 0.1) is 6.07 Å². The number of hydrogen-bond donors (Lipinski definition) is 0. The normalized spacial score (nSPS) is 18.6. The molecule has 2 aromatic rings. The predicted molar refractivity (Wildman–Crippen MR) is 103 cm³/mol. The van der Waals surface area contributed by atoms with Crippen molar-refractivity contribution >= 4 is 11.8 Å². The van der Waals surface area contributed by atoms with Crippen LogP contribution in [-0.4, -0.2) is 7.11 Å². The molecule has 0 saturated heterocycles. The smallest absolute Gasteiger partial charge is 0.319 e. The predicted octanol–water partition coefficient (Wildman–Crippen LogP) is 2.91. The van der Waals surface area contributed by atoms with Crippen molar-refractivity contribution < 1.29 is 9.84 Å². The summed E-state index contributed by atoms with van der Waals surface area (Å²) < 4.78 is 4.69.